The van der Waals surface area contributed by atoms with Crippen LogP contribution >= 0.6 is 12.6 Å². The average molecular weight is 381 g/mol. The first-order valence-corrected chi connectivity index (χ1v) is 8.73. The largest absolute Gasteiger partial charge is 0.505 e. The monoisotopic (exact) mass is 381 g/mol. The van der Waals surface area contributed by atoms with E-state index in [1.807, 2.05) is 0 Å². The van der Waals surface area contributed by atoms with Gasteiger partial charge in [-0.3, -0.25) is 4.79 Å². The van der Waals surface area contributed by atoms with Crippen molar-refractivity contribution in [1.82, 2.24) is 20.0 Å². The number of rotatable bonds is 5. The highest BCUT2D eigenvalue weighted by molar-refractivity contribution is 7.80. The molecule has 1 amide bonds. The van der Waals surface area contributed by atoms with Crippen LogP contribution in [0.3, 0.4) is 0 Å². The molecular weight excluding hydrogens is 366 g/mol. The minimum Gasteiger partial charge on any atom is -0.505 e. The Bertz CT molecular complexity index is 1170. The van der Waals surface area contributed by atoms with E-state index in [2.05, 4.69) is 27.8 Å². The smallest absolute Gasteiger partial charge is 0.248 e. The van der Waals surface area contributed by atoms with E-state index >= 15 is 0 Å². The van der Waals surface area contributed by atoms with Crippen LogP contribution in [-0.2, 0) is 0 Å². The molecule has 0 radical (unpaired) electrons. The van der Waals surface area contributed by atoms with Gasteiger partial charge in [-0.2, -0.15) is 12.6 Å². The molecule has 0 aliphatic heterocycles. The molecule has 0 aliphatic rings. The van der Waals surface area contributed by atoms with Crippen LogP contribution < -0.4 is 10.5 Å². The predicted molar refractivity (Wildman–Crippen MR) is 104 cm³/mol. The highest BCUT2D eigenvalue weighted by Crippen LogP contribution is 2.34. The summed E-state index contributed by atoms with van der Waals surface area (Å²) in [7, 11) is 0. The molecule has 2 heterocycles. The molecule has 0 aliphatic carbocycles. The van der Waals surface area contributed by atoms with Crippen LogP contribution in [0.25, 0.3) is 27.5 Å². The van der Waals surface area contributed by atoms with Gasteiger partial charge in [-0.25, -0.2) is 4.98 Å². The fourth-order valence-electron chi connectivity index (χ4n) is 2.80. The summed E-state index contributed by atoms with van der Waals surface area (Å²) in [5.41, 5.74) is 7.11. The van der Waals surface area contributed by atoms with Gasteiger partial charge < -0.3 is 15.6 Å². The number of phenols is 1. The molecule has 136 valence electrons. The van der Waals surface area contributed by atoms with Gasteiger partial charge in [0.05, 0.1) is 6.61 Å². The highest BCUT2D eigenvalue weighted by Gasteiger charge is 2.15. The standard InChI is InChI=1S/C18H15N5O3S/c19-17(25)10-1-3-13-14(9-10)22-23(21-13)15-4-2-12-11(16(15)24)5-6-20-18(12)26-7-8-27/h1-6,9,24,27H,7-8H2,(H2,19,25). The lowest BCUT2D eigenvalue weighted by Crippen LogP contribution is -2.10. The minimum absolute atomic E-state index is 0.000976. The number of nitrogens with zero attached hydrogens (tertiary/aromatic N) is 4. The van der Waals surface area contributed by atoms with E-state index in [4.69, 9.17) is 10.5 Å². The van der Waals surface area contributed by atoms with Gasteiger partial charge in [-0.05, 0) is 36.4 Å². The van der Waals surface area contributed by atoms with Gasteiger partial charge in [0.15, 0.2) is 5.75 Å². The minimum atomic E-state index is -0.541. The number of ether oxygens (including phenoxy) is 1. The second kappa shape index (κ2) is 6.76. The Labute approximate surface area is 159 Å². The fourth-order valence-corrected chi connectivity index (χ4v) is 2.89. The second-order valence-electron chi connectivity index (χ2n) is 5.77. The molecule has 0 unspecified atom stereocenters. The summed E-state index contributed by atoms with van der Waals surface area (Å²) in [5, 5.41) is 20.7. The third kappa shape index (κ3) is 3.02. The highest BCUT2D eigenvalue weighted by atomic mass is 32.1. The number of aromatic hydroxyl groups is 1. The number of amides is 1. The van der Waals surface area contributed by atoms with Crippen molar-refractivity contribution in [3.63, 3.8) is 0 Å². The summed E-state index contributed by atoms with van der Waals surface area (Å²) < 4.78 is 5.57. The number of nitrogens with two attached hydrogens (primary N) is 1. The zero-order chi connectivity index (χ0) is 19.0. The van der Waals surface area contributed by atoms with Gasteiger partial charge in [0.2, 0.25) is 11.8 Å². The Morgan fingerprint density at radius 3 is 2.74 bits per heavy atom. The lowest BCUT2D eigenvalue weighted by molar-refractivity contribution is 0.100. The number of aromatic nitrogens is 4. The van der Waals surface area contributed by atoms with E-state index in [-0.39, 0.29) is 5.75 Å². The SMILES string of the molecule is NC(=O)c1ccc2nn(-c3ccc4c(OCCS)nccc4c3O)nc2c1. The molecule has 2 aromatic carbocycles. The molecule has 27 heavy (non-hydrogen) atoms. The lowest BCUT2D eigenvalue weighted by Gasteiger charge is -2.10. The lowest BCUT2D eigenvalue weighted by atomic mass is 10.1. The van der Waals surface area contributed by atoms with Gasteiger partial charge in [-0.1, -0.05) is 0 Å². The molecule has 4 aromatic rings. The maximum atomic E-state index is 11.3. The van der Waals surface area contributed by atoms with Gasteiger partial charge in [0.1, 0.15) is 16.7 Å². The van der Waals surface area contributed by atoms with Crippen molar-refractivity contribution in [2.24, 2.45) is 5.73 Å². The van der Waals surface area contributed by atoms with Crippen molar-refractivity contribution in [1.29, 1.82) is 0 Å². The van der Waals surface area contributed by atoms with Crippen molar-refractivity contribution >= 4 is 40.3 Å². The van der Waals surface area contributed by atoms with Crippen molar-refractivity contribution < 1.29 is 14.6 Å². The summed E-state index contributed by atoms with van der Waals surface area (Å²) in [6, 6.07) is 9.96. The van der Waals surface area contributed by atoms with Crippen LogP contribution in [0, 0.1) is 0 Å². The van der Waals surface area contributed by atoms with E-state index < -0.39 is 5.91 Å². The van der Waals surface area contributed by atoms with Gasteiger partial charge in [0, 0.05) is 28.3 Å². The molecule has 0 saturated heterocycles. The first-order chi connectivity index (χ1) is 13.1. The summed E-state index contributed by atoms with van der Waals surface area (Å²) in [6.45, 7) is 0.409. The van der Waals surface area contributed by atoms with Gasteiger partial charge >= 0.3 is 0 Å². The Kier molecular flexibility index (Phi) is 4.28. The molecule has 9 heteroatoms. The maximum Gasteiger partial charge on any atom is 0.248 e. The van der Waals surface area contributed by atoms with Crippen LogP contribution in [0.15, 0.2) is 42.6 Å². The van der Waals surface area contributed by atoms with E-state index in [1.54, 1.807) is 42.6 Å². The Morgan fingerprint density at radius 1 is 1.15 bits per heavy atom. The van der Waals surface area contributed by atoms with Crippen molar-refractivity contribution in [3.8, 4) is 17.3 Å². The molecule has 8 nitrogen and oxygen atoms in total. The molecule has 3 N–H and O–H groups in total. The number of primary amides is 1. The molecular formula is C18H15N5O3S. The number of fused-ring (bicyclic) bond motifs is 2. The average Bonchev–Trinajstić information content (AvgIpc) is 3.09. The van der Waals surface area contributed by atoms with Crippen LogP contribution in [0.4, 0.5) is 0 Å². The summed E-state index contributed by atoms with van der Waals surface area (Å²) >= 11 is 4.12. The number of phenolic OH excluding ortho intramolecular Hbond substituents is 1. The van der Waals surface area contributed by atoms with Gasteiger partial charge in [0.25, 0.3) is 0 Å². The third-order valence-corrected chi connectivity index (χ3v) is 4.25. The normalized spacial score (nSPS) is 11.1. The summed E-state index contributed by atoms with van der Waals surface area (Å²) in [6.07, 6.45) is 1.56. The molecule has 0 atom stereocenters. The topological polar surface area (TPSA) is 116 Å². The molecule has 0 spiro atoms. The van der Waals surface area contributed by atoms with Crippen LogP contribution in [0.5, 0.6) is 11.6 Å². The second-order valence-corrected chi connectivity index (χ2v) is 6.22. The number of thiol groups is 1. The maximum absolute atomic E-state index is 11.3. The first-order valence-electron chi connectivity index (χ1n) is 8.10. The van der Waals surface area contributed by atoms with Crippen molar-refractivity contribution in [3.05, 3.63) is 48.2 Å². The fraction of sp³-hybridized carbons (Fsp3) is 0.111. The zero-order valence-corrected chi connectivity index (χ0v) is 14.9. The zero-order valence-electron chi connectivity index (χ0n) is 14.0. The van der Waals surface area contributed by atoms with Crippen LogP contribution in [0.1, 0.15) is 10.4 Å². The number of carbonyl (C=O) groups is 1. The molecule has 0 saturated carbocycles. The third-order valence-electron chi connectivity index (χ3n) is 4.07. The van der Waals surface area contributed by atoms with Crippen LogP contribution in [-0.4, -0.2) is 43.4 Å². The van der Waals surface area contributed by atoms with E-state index in [0.717, 1.165) is 0 Å². The number of hydrogen-bond acceptors (Lipinski definition) is 7. The van der Waals surface area contributed by atoms with E-state index in [0.29, 0.717) is 51.3 Å². The van der Waals surface area contributed by atoms with E-state index in [9.17, 15) is 9.90 Å². The van der Waals surface area contributed by atoms with Crippen molar-refractivity contribution in [2.45, 2.75) is 0 Å². The van der Waals surface area contributed by atoms with Crippen molar-refractivity contribution in [2.75, 3.05) is 12.4 Å². The first kappa shape index (κ1) is 17.1. The van der Waals surface area contributed by atoms with Gasteiger partial charge in [-0.15, -0.1) is 15.0 Å². The summed E-state index contributed by atoms with van der Waals surface area (Å²) in [5.74, 6) is 0.439. The van der Waals surface area contributed by atoms with Crippen LogP contribution in [0.2, 0.25) is 0 Å². The van der Waals surface area contributed by atoms with E-state index in [1.165, 1.54) is 4.80 Å². The Hall–Kier alpha value is -3.33. The Balaban J connectivity index is 1.83. The number of hydrogen-bond donors (Lipinski definition) is 3. The number of pyridine rings is 1. The molecule has 2 aromatic heterocycles. The number of benzene rings is 2. The molecule has 0 fully saturated rings. The molecule has 0 bridgehead atoms. The number of carbonyl (C=O) groups excluding carboxylic acids is 1. The quantitative estimate of drug-likeness (QED) is 0.456. The summed E-state index contributed by atoms with van der Waals surface area (Å²) in [4.78, 5) is 16.9. The molecule has 4 rings (SSSR count). The predicted octanol–water partition coefficient (Wildman–Crippen LogP) is 2.08. The Morgan fingerprint density at radius 2 is 1.96 bits per heavy atom.